The van der Waals surface area contributed by atoms with Gasteiger partial charge in [-0.15, -0.1) is 5.54 Å². The Morgan fingerprint density at radius 1 is 0.577 bits per heavy atom. The van der Waals surface area contributed by atoms with E-state index in [2.05, 4.69) is 55.5 Å². The van der Waals surface area contributed by atoms with Crippen molar-refractivity contribution >= 4 is 16.9 Å². The minimum atomic E-state index is -3.11. The van der Waals surface area contributed by atoms with Gasteiger partial charge in [0.2, 0.25) is 0 Å². The van der Waals surface area contributed by atoms with Crippen molar-refractivity contribution < 1.29 is 13.3 Å². The van der Waals surface area contributed by atoms with E-state index in [-0.39, 0.29) is 18.3 Å². The molecule has 0 N–H and O–H groups in total. The van der Waals surface area contributed by atoms with Crippen LogP contribution in [0.3, 0.4) is 0 Å². The third-order valence-corrected chi connectivity index (χ3v) is 11.4. The molecule has 0 unspecified atom stereocenters. The van der Waals surface area contributed by atoms with E-state index in [1.807, 2.05) is 41.5 Å². The first kappa shape index (κ1) is 25.0. The van der Waals surface area contributed by atoms with Crippen molar-refractivity contribution in [3.05, 3.63) is 0 Å². The molecule has 26 heavy (non-hydrogen) atoms. The van der Waals surface area contributed by atoms with E-state index in [9.17, 15) is 0 Å². The Hall–Kier alpha value is -1.01. The Labute approximate surface area is 164 Å². The monoisotopic (exact) mass is 392 g/mol. The maximum Gasteiger partial charge on any atom is 0.593 e. The van der Waals surface area contributed by atoms with Crippen molar-refractivity contribution in [1.82, 2.24) is 0 Å². The second kappa shape index (κ2) is 12.4. The van der Waals surface area contributed by atoms with Crippen molar-refractivity contribution in [3.63, 3.8) is 0 Å². The Morgan fingerprint density at radius 2 is 0.923 bits per heavy atom. The minimum Gasteiger partial charge on any atom is -0.361 e. The molecule has 3 nitrogen and oxygen atoms in total. The lowest BCUT2D eigenvalue weighted by Crippen LogP contribution is -2.50. The topological polar surface area (TPSA) is 27.7 Å². The van der Waals surface area contributed by atoms with Crippen LogP contribution in [0.15, 0.2) is 0 Å². The van der Waals surface area contributed by atoms with Crippen LogP contribution in [-0.4, -0.2) is 35.2 Å². The zero-order chi connectivity index (χ0) is 20.2. The van der Waals surface area contributed by atoms with Gasteiger partial charge in [-0.2, -0.15) is 0 Å². The smallest absolute Gasteiger partial charge is 0.361 e. The predicted octanol–water partition coefficient (Wildman–Crippen LogP) is 4.80. The highest BCUT2D eigenvalue weighted by molar-refractivity contribution is 6.87. The maximum atomic E-state index is 6.00. The van der Waals surface area contributed by atoms with Gasteiger partial charge in [0.1, 0.15) is 8.07 Å². The fourth-order valence-electron chi connectivity index (χ4n) is 2.45. The van der Waals surface area contributed by atoms with Crippen LogP contribution in [0.1, 0.15) is 62.3 Å². The van der Waals surface area contributed by atoms with Crippen LogP contribution >= 0.6 is 0 Å². The molecule has 0 amide bonds. The summed E-state index contributed by atoms with van der Waals surface area (Å²) in [6, 6.07) is 3.51. The molecule has 0 saturated carbocycles. The lowest BCUT2D eigenvalue weighted by Gasteiger charge is -2.29. The number of rotatable bonds is 9. The second-order valence-electron chi connectivity index (χ2n) is 7.15. The van der Waals surface area contributed by atoms with Gasteiger partial charge in [0.05, 0.1) is 0 Å². The first-order valence-electron chi connectivity index (χ1n) is 9.72. The molecule has 0 bridgehead atoms. The summed E-state index contributed by atoms with van der Waals surface area (Å²) in [6.07, 6.45) is -0.107. The Bertz CT molecular complexity index is 553. The van der Waals surface area contributed by atoms with Crippen molar-refractivity contribution in [3.8, 4) is 34.8 Å². The van der Waals surface area contributed by atoms with Crippen LogP contribution < -0.4 is 0 Å². The maximum absolute atomic E-state index is 6.00. The second-order valence-corrected chi connectivity index (χ2v) is 14.1. The van der Waals surface area contributed by atoms with Crippen LogP contribution in [0, 0.1) is 34.8 Å². The molecule has 0 spiro atoms. The van der Waals surface area contributed by atoms with Crippen molar-refractivity contribution in [2.45, 2.75) is 98.8 Å². The molecule has 0 aliphatic heterocycles. The van der Waals surface area contributed by atoms with Crippen molar-refractivity contribution in [2.24, 2.45) is 0 Å². The van der Waals surface area contributed by atoms with Gasteiger partial charge in [-0.3, -0.25) is 0 Å². The van der Waals surface area contributed by atoms with Crippen molar-refractivity contribution in [2.75, 3.05) is 0 Å². The SMILES string of the molecule is CC[Si](C#CC#CC#C[Si](OC(C)C)(OC(C)C)OC(C)C)(CC)CC. The van der Waals surface area contributed by atoms with Crippen molar-refractivity contribution in [1.29, 1.82) is 0 Å². The van der Waals surface area contributed by atoms with Gasteiger partial charge in [0, 0.05) is 18.3 Å². The minimum absolute atomic E-state index is 0.0357. The largest absolute Gasteiger partial charge is 0.593 e. The Kier molecular flexibility index (Phi) is 11.9. The summed E-state index contributed by atoms with van der Waals surface area (Å²) in [4.78, 5) is 0. The molecule has 5 heteroatoms. The summed E-state index contributed by atoms with van der Waals surface area (Å²) in [7, 11) is -4.56. The van der Waals surface area contributed by atoms with Crippen LogP contribution in [-0.2, 0) is 13.3 Å². The van der Waals surface area contributed by atoms with E-state index in [0.717, 1.165) is 0 Å². The Balaban J connectivity index is 5.52. The summed E-state index contributed by atoms with van der Waals surface area (Å²) in [5, 5.41) is 0. The van der Waals surface area contributed by atoms with Gasteiger partial charge in [0.25, 0.3) is 0 Å². The summed E-state index contributed by atoms with van der Waals surface area (Å²) in [5.41, 5.74) is 6.50. The van der Waals surface area contributed by atoms with E-state index in [0.29, 0.717) is 0 Å². The lowest BCUT2D eigenvalue weighted by molar-refractivity contribution is 0.0163. The molecule has 0 aliphatic carbocycles. The third kappa shape index (κ3) is 9.63. The molecule has 0 aromatic rings. The van der Waals surface area contributed by atoms with E-state index < -0.39 is 16.9 Å². The molecule has 0 aromatic carbocycles. The predicted molar refractivity (Wildman–Crippen MR) is 115 cm³/mol. The van der Waals surface area contributed by atoms with E-state index in [1.54, 1.807) is 0 Å². The fourth-order valence-corrected chi connectivity index (χ4v) is 7.23. The highest BCUT2D eigenvalue weighted by atomic mass is 28.4. The van der Waals surface area contributed by atoms with Gasteiger partial charge < -0.3 is 13.3 Å². The normalized spacial score (nSPS) is 11.5. The number of hydrogen-bond donors (Lipinski definition) is 0. The molecule has 0 atom stereocenters. The third-order valence-electron chi connectivity index (χ3n) is 3.93. The molecule has 0 fully saturated rings. The molecule has 0 aromatic heterocycles. The summed E-state index contributed by atoms with van der Waals surface area (Å²) in [6.45, 7) is 18.4. The molecule has 0 aliphatic rings. The van der Waals surface area contributed by atoms with Gasteiger partial charge >= 0.3 is 8.80 Å². The summed E-state index contributed by atoms with van der Waals surface area (Å²) in [5.74, 6) is 11.6. The van der Waals surface area contributed by atoms with Crippen LogP contribution in [0.4, 0.5) is 0 Å². The molecule has 0 radical (unpaired) electrons. The Morgan fingerprint density at radius 3 is 1.23 bits per heavy atom. The summed E-state index contributed by atoms with van der Waals surface area (Å²) >= 11 is 0. The molecule has 146 valence electrons. The highest BCUT2D eigenvalue weighted by Crippen LogP contribution is 2.18. The van der Waals surface area contributed by atoms with E-state index in [1.165, 1.54) is 18.1 Å². The average molecular weight is 393 g/mol. The molecule has 0 rings (SSSR count). The first-order chi connectivity index (χ1) is 12.1. The molecular weight excluding hydrogens is 356 g/mol. The summed E-state index contributed by atoms with van der Waals surface area (Å²) < 4.78 is 18.0. The average Bonchev–Trinajstić information content (AvgIpc) is 2.53. The van der Waals surface area contributed by atoms with Gasteiger partial charge in [0.15, 0.2) is 0 Å². The van der Waals surface area contributed by atoms with Gasteiger partial charge in [-0.25, -0.2) is 0 Å². The van der Waals surface area contributed by atoms with E-state index >= 15 is 0 Å². The first-order valence-corrected chi connectivity index (χ1v) is 14.1. The van der Waals surface area contributed by atoms with E-state index in [4.69, 9.17) is 13.3 Å². The van der Waals surface area contributed by atoms with Crippen LogP contribution in [0.2, 0.25) is 18.1 Å². The van der Waals surface area contributed by atoms with Gasteiger partial charge in [-0.1, -0.05) is 20.8 Å². The zero-order valence-electron chi connectivity index (χ0n) is 18.1. The lowest BCUT2D eigenvalue weighted by atomic mass is 10.5. The standard InChI is InChI=1S/C21H36O3Si2/c1-10-25(11-2,12-3)17-15-13-14-16-18-26(22-19(4)5,23-20(6)7)24-21(8)9/h19-21H,10-12H2,1-9H3. The van der Waals surface area contributed by atoms with Crippen LogP contribution in [0.25, 0.3) is 0 Å². The number of hydrogen-bond acceptors (Lipinski definition) is 3. The molecular formula is C21H36O3Si2. The highest BCUT2D eigenvalue weighted by Gasteiger charge is 2.43. The zero-order valence-corrected chi connectivity index (χ0v) is 20.1. The van der Waals surface area contributed by atoms with Gasteiger partial charge in [-0.05, 0) is 88.9 Å². The quantitative estimate of drug-likeness (QED) is 0.417. The molecule has 0 heterocycles. The molecule has 0 saturated heterocycles. The van der Waals surface area contributed by atoms with Crippen LogP contribution in [0.5, 0.6) is 0 Å². The fraction of sp³-hybridized carbons (Fsp3) is 0.714.